The maximum absolute atomic E-state index is 13.2. The maximum atomic E-state index is 13.2. The molecule has 0 bridgehead atoms. The van der Waals surface area contributed by atoms with E-state index >= 15 is 0 Å². The first-order valence-corrected chi connectivity index (χ1v) is 4.46. The molecule has 0 atom stereocenters. The summed E-state index contributed by atoms with van der Waals surface area (Å²) < 4.78 is 13.1. The van der Waals surface area contributed by atoms with Crippen LogP contribution in [0.4, 0.5) is 4.39 Å². The van der Waals surface area contributed by atoms with Crippen molar-refractivity contribution in [1.29, 1.82) is 0 Å². The Balaban J connectivity index is 3.43. The van der Waals surface area contributed by atoms with Gasteiger partial charge in [0.15, 0.2) is 11.6 Å². The molecule has 0 saturated heterocycles. The third-order valence-electron chi connectivity index (χ3n) is 1.67. The van der Waals surface area contributed by atoms with E-state index in [9.17, 15) is 14.0 Å². The van der Waals surface area contributed by atoms with Crippen molar-refractivity contribution < 1.29 is 19.1 Å². The second-order valence-corrected chi connectivity index (χ2v) is 3.54. The number of aromatic carboxylic acids is 1. The second-order valence-electron chi connectivity index (χ2n) is 2.68. The molecule has 0 spiro atoms. The van der Waals surface area contributed by atoms with Crippen LogP contribution in [0.1, 0.15) is 27.6 Å². The molecule has 0 fully saturated rings. The zero-order valence-electron chi connectivity index (χ0n) is 7.17. The molecule has 0 aliphatic rings. The summed E-state index contributed by atoms with van der Waals surface area (Å²) in [7, 11) is 0. The Hall–Kier alpha value is -1.23. The molecule has 0 saturated carbocycles. The fourth-order valence-electron chi connectivity index (χ4n) is 0.948. The van der Waals surface area contributed by atoms with Gasteiger partial charge in [-0.3, -0.25) is 4.79 Å². The molecule has 0 aliphatic carbocycles. The van der Waals surface area contributed by atoms with Gasteiger partial charge in [-0.2, -0.15) is 0 Å². The molecular formula is C9H6BrFO3. The van der Waals surface area contributed by atoms with Crippen molar-refractivity contribution in [3.05, 3.63) is 33.5 Å². The lowest BCUT2D eigenvalue weighted by Crippen LogP contribution is -2.04. The van der Waals surface area contributed by atoms with Crippen molar-refractivity contribution >= 4 is 27.7 Å². The van der Waals surface area contributed by atoms with E-state index in [-0.39, 0.29) is 15.8 Å². The van der Waals surface area contributed by atoms with E-state index < -0.39 is 17.3 Å². The molecule has 0 heterocycles. The normalized spacial score (nSPS) is 9.93. The van der Waals surface area contributed by atoms with Crippen molar-refractivity contribution in [2.45, 2.75) is 6.92 Å². The molecule has 3 nitrogen and oxygen atoms in total. The Morgan fingerprint density at radius 1 is 1.43 bits per heavy atom. The summed E-state index contributed by atoms with van der Waals surface area (Å²) in [6.07, 6.45) is 0. The molecule has 5 heteroatoms. The Morgan fingerprint density at radius 3 is 2.43 bits per heavy atom. The van der Waals surface area contributed by atoms with Gasteiger partial charge >= 0.3 is 5.97 Å². The molecule has 1 aromatic carbocycles. The highest BCUT2D eigenvalue weighted by atomic mass is 79.9. The standard InChI is InChI=1S/C9H6BrFO3/c1-4(12)5-2-6(9(13)14)8(11)7(10)3-5/h2-3H,1H3,(H,13,14). The molecular weight excluding hydrogens is 255 g/mol. The molecule has 0 aromatic heterocycles. The number of rotatable bonds is 2. The highest BCUT2D eigenvalue weighted by Gasteiger charge is 2.16. The molecule has 1 N–H and O–H groups in total. The van der Waals surface area contributed by atoms with Crippen LogP contribution in [0.5, 0.6) is 0 Å². The maximum Gasteiger partial charge on any atom is 0.338 e. The van der Waals surface area contributed by atoms with Gasteiger partial charge in [0.2, 0.25) is 0 Å². The molecule has 14 heavy (non-hydrogen) atoms. The number of carbonyl (C=O) groups excluding carboxylic acids is 1. The third-order valence-corrected chi connectivity index (χ3v) is 2.24. The van der Waals surface area contributed by atoms with Gasteiger partial charge in [0.1, 0.15) is 0 Å². The smallest absolute Gasteiger partial charge is 0.338 e. The predicted molar refractivity (Wildman–Crippen MR) is 51.1 cm³/mol. The quantitative estimate of drug-likeness (QED) is 0.832. The molecule has 0 unspecified atom stereocenters. The zero-order valence-corrected chi connectivity index (χ0v) is 8.76. The number of ketones is 1. The van der Waals surface area contributed by atoms with Gasteiger partial charge in [0.25, 0.3) is 0 Å². The van der Waals surface area contributed by atoms with E-state index in [0.717, 1.165) is 6.07 Å². The molecule has 1 aromatic rings. The van der Waals surface area contributed by atoms with Gasteiger partial charge in [-0.1, -0.05) is 0 Å². The number of hydrogen-bond acceptors (Lipinski definition) is 2. The number of halogens is 2. The number of carbonyl (C=O) groups is 2. The molecule has 74 valence electrons. The van der Waals surface area contributed by atoms with Gasteiger partial charge in [0.05, 0.1) is 10.0 Å². The van der Waals surface area contributed by atoms with E-state index in [4.69, 9.17) is 5.11 Å². The van der Waals surface area contributed by atoms with Gasteiger partial charge in [-0.25, -0.2) is 9.18 Å². The van der Waals surface area contributed by atoms with E-state index in [1.807, 2.05) is 0 Å². The third kappa shape index (κ3) is 1.98. The summed E-state index contributed by atoms with van der Waals surface area (Å²) in [6.45, 7) is 1.28. The van der Waals surface area contributed by atoms with Gasteiger partial charge in [-0.05, 0) is 35.0 Å². The highest BCUT2D eigenvalue weighted by molar-refractivity contribution is 9.10. The molecule has 0 radical (unpaired) electrons. The Bertz CT molecular complexity index is 415. The Kier molecular flexibility index (Phi) is 3.00. The van der Waals surface area contributed by atoms with Gasteiger partial charge in [-0.15, -0.1) is 0 Å². The average Bonchev–Trinajstić information content (AvgIpc) is 2.08. The Labute approximate surface area is 87.7 Å². The molecule has 1 rings (SSSR count). The van der Waals surface area contributed by atoms with Crippen LogP contribution in [0, 0.1) is 5.82 Å². The summed E-state index contributed by atoms with van der Waals surface area (Å²) in [5.41, 5.74) is -0.347. The van der Waals surface area contributed by atoms with Crippen LogP contribution >= 0.6 is 15.9 Å². The van der Waals surface area contributed by atoms with E-state index in [2.05, 4.69) is 15.9 Å². The van der Waals surface area contributed by atoms with E-state index in [0.29, 0.717) is 0 Å². The van der Waals surface area contributed by atoms with E-state index in [1.54, 1.807) is 0 Å². The largest absolute Gasteiger partial charge is 0.478 e. The predicted octanol–water partition coefficient (Wildman–Crippen LogP) is 2.49. The summed E-state index contributed by atoms with van der Waals surface area (Å²) >= 11 is 2.84. The number of hydrogen-bond donors (Lipinski definition) is 1. The van der Waals surface area contributed by atoms with Crippen molar-refractivity contribution in [2.75, 3.05) is 0 Å². The highest BCUT2D eigenvalue weighted by Crippen LogP contribution is 2.21. The summed E-state index contributed by atoms with van der Waals surface area (Å²) in [4.78, 5) is 21.5. The van der Waals surface area contributed by atoms with Gasteiger partial charge < -0.3 is 5.11 Å². The summed E-state index contributed by atoms with van der Waals surface area (Å²) in [5, 5.41) is 8.62. The number of carboxylic acids is 1. The lowest BCUT2D eigenvalue weighted by molar-refractivity contribution is 0.0691. The van der Waals surface area contributed by atoms with Crippen LogP contribution in [0.25, 0.3) is 0 Å². The van der Waals surface area contributed by atoms with Crippen molar-refractivity contribution in [3.63, 3.8) is 0 Å². The minimum Gasteiger partial charge on any atom is -0.478 e. The van der Waals surface area contributed by atoms with Crippen molar-refractivity contribution in [3.8, 4) is 0 Å². The van der Waals surface area contributed by atoms with Crippen LogP contribution < -0.4 is 0 Å². The Morgan fingerprint density at radius 2 is 2.00 bits per heavy atom. The zero-order chi connectivity index (χ0) is 10.9. The second kappa shape index (κ2) is 3.88. The van der Waals surface area contributed by atoms with Crippen LogP contribution in [0.3, 0.4) is 0 Å². The first-order chi connectivity index (χ1) is 6.43. The number of Topliss-reactive ketones (excluding diaryl/α,β-unsaturated/α-hetero) is 1. The fraction of sp³-hybridized carbons (Fsp3) is 0.111. The van der Waals surface area contributed by atoms with Crippen LogP contribution in [-0.4, -0.2) is 16.9 Å². The number of benzene rings is 1. The monoisotopic (exact) mass is 260 g/mol. The van der Waals surface area contributed by atoms with E-state index in [1.165, 1.54) is 13.0 Å². The number of carboxylic acid groups (broad SMARTS) is 1. The van der Waals surface area contributed by atoms with Crippen LogP contribution in [0.15, 0.2) is 16.6 Å². The topological polar surface area (TPSA) is 54.4 Å². The lowest BCUT2D eigenvalue weighted by Gasteiger charge is -2.02. The fourth-order valence-corrected chi connectivity index (χ4v) is 1.41. The molecule has 0 aliphatic heterocycles. The van der Waals surface area contributed by atoms with Crippen LogP contribution in [0.2, 0.25) is 0 Å². The minimum atomic E-state index is -1.40. The van der Waals surface area contributed by atoms with Crippen molar-refractivity contribution in [1.82, 2.24) is 0 Å². The summed E-state index contributed by atoms with van der Waals surface area (Å²) in [6, 6.07) is 2.27. The lowest BCUT2D eigenvalue weighted by atomic mass is 10.1. The minimum absolute atomic E-state index is 0.0254. The van der Waals surface area contributed by atoms with Crippen LogP contribution in [-0.2, 0) is 0 Å². The first kappa shape index (κ1) is 10.8. The average molecular weight is 261 g/mol. The van der Waals surface area contributed by atoms with Crippen molar-refractivity contribution in [2.24, 2.45) is 0 Å². The van der Waals surface area contributed by atoms with Gasteiger partial charge in [0, 0.05) is 5.56 Å². The first-order valence-electron chi connectivity index (χ1n) is 3.66. The molecule has 0 amide bonds. The summed E-state index contributed by atoms with van der Waals surface area (Å²) in [5.74, 6) is -2.58. The SMILES string of the molecule is CC(=O)c1cc(Br)c(F)c(C(=O)O)c1.